The first-order chi connectivity index (χ1) is 8.41. The summed E-state index contributed by atoms with van der Waals surface area (Å²) in [4.78, 5) is 10.7. The maximum absolute atomic E-state index is 10.7. The molecule has 0 saturated heterocycles. The second-order valence-corrected chi connectivity index (χ2v) is 5.21. The van der Waals surface area contributed by atoms with Crippen LogP contribution in [0.3, 0.4) is 0 Å². The molecule has 0 aliphatic heterocycles. The van der Waals surface area contributed by atoms with E-state index in [9.17, 15) is 4.79 Å². The number of carboxylic acid groups (broad SMARTS) is 1. The molecule has 3 heteroatoms. The molecule has 2 N–H and O–H groups in total. The van der Waals surface area contributed by atoms with Crippen molar-refractivity contribution >= 4 is 5.97 Å². The lowest BCUT2D eigenvalue weighted by atomic mass is 9.98. The number of rotatable bonds is 6. The molecule has 1 atom stereocenters. The summed E-state index contributed by atoms with van der Waals surface area (Å²) in [5, 5.41) is 12.0. The highest BCUT2D eigenvalue weighted by atomic mass is 16.4. The Labute approximate surface area is 109 Å². The van der Waals surface area contributed by atoms with Gasteiger partial charge in [-0.15, -0.1) is 0 Å². The second kappa shape index (κ2) is 6.55. The number of benzene rings is 1. The molecule has 0 aliphatic rings. The molecule has 0 aromatic heterocycles. The zero-order valence-electron chi connectivity index (χ0n) is 11.7. The van der Waals surface area contributed by atoms with Crippen molar-refractivity contribution in [1.82, 2.24) is 5.32 Å². The van der Waals surface area contributed by atoms with Crippen LogP contribution < -0.4 is 5.32 Å². The standard InChI is InChI=1S/C15H23NO2/c1-10(2)13-6-5-11(3)14(7-13)9-16-8-12(4)15(17)18/h5-7,10,12,16H,8-9H2,1-4H3,(H,17,18). The van der Waals surface area contributed by atoms with Gasteiger partial charge >= 0.3 is 5.97 Å². The van der Waals surface area contributed by atoms with Crippen LogP contribution in [0.25, 0.3) is 0 Å². The molecule has 0 saturated carbocycles. The van der Waals surface area contributed by atoms with Crippen molar-refractivity contribution in [2.24, 2.45) is 5.92 Å². The minimum absolute atomic E-state index is 0.349. The lowest BCUT2D eigenvalue weighted by Crippen LogP contribution is -2.26. The van der Waals surface area contributed by atoms with Crippen LogP contribution in [-0.4, -0.2) is 17.6 Å². The number of carbonyl (C=O) groups is 1. The fourth-order valence-corrected chi connectivity index (χ4v) is 1.75. The molecule has 1 aromatic carbocycles. The molecule has 0 spiro atoms. The minimum atomic E-state index is -0.754. The van der Waals surface area contributed by atoms with Gasteiger partial charge in [-0.2, -0.15) is 0 Å². The molecular formula is C15H23NO2. The van der Waals surface area contributed by atoms with Crippen molar-refractivity contribution < 1.29 is 9.90 Å². The van der Waals surface area contributed by atoms with E-state index in [4.69, 9.17) is 5.11 Å². The van der Waals surface area contributed by atoms with Crippen LogP contribution in [0.5, 0.6) is 0 Å². The molecule has 1 rings (SSSR count). The largest absolute Gasteiger partial charge is 0.481 e. The highest BCUT2D eigenvalue weighted by Crippen LogP contribution is 2.18. The van der Waals surface area contributed by atoms with Gasteiger partial charge in [0.1, 0.15) is 0 Å². The molecule has 1 aromatic rings. The first kappa shape index (κ1) is 14.7. The quantitative estimate of drug-likeness (QED) is 0.815. The lowest BCUT2D eigenvalue weighted by Gasteiger charge is -2.13. The molecule has 0 fully saturated rings. The molecular weight excluding hydrogens is 226 g/mol. The summed E-state index contributed by atoms with van der Waals surface area (Å²) in [5.41, 5.74) is 3.82. The van der Waals surface area contributed by atoms with Gasteiger partial charge in [-0.1, -0.05) is 39.0 Å². The third-order valence-corrected chi connectivity index (χ3v) is 3.23. The molecule has 0 radical (unpaired) electrons. The van der Waals surface area contributed by atoms with Gasteiger partial charge < -0.3 is 10.4 Å². The van der Waals surface area contributed by atoms with E-state index in [1.807, 2.05) is 0 Å². The third-order valence-electron chi connectivity index (χ3n) is 3.23. The number of nitrogens with one attached hydrogen (secondary N) is 1. The Kier molecular flexibility index (Phi) is 5.35. The summed E-state index contributed by atoms with van der Waals surface area (Å²) in [5.74, 6) is -0.587. The van der Waals surface area contributed by atoms with Gasteiger partial charge in [0.2, 0.25) is 0 Å². The molecule has 1 unspecified atom stereocenters. The van der Waals surface area contributed by atoms with Crippen LogP contribution in [0.15, 0.2) is 18.2 Å². The fraction of sp³-hybridized carbons (Fsp3) is 0.533. The summed E-state index contributed by atoms with van der Waals surface area (Å²) in [6.45, 7) is 9.38. The van der Waals surface area contributed by atoms with Gasteiger partial charge in [0.05, 0.1) is 5.92 Å². The van der Waals surface area contributed by atoms with Crippen LogP contribution in [0, 0.1) is 12.8 Å². The van der Waals surface area contributed by atoms with Crippen molar-refractivity contribution in [3.8, 4) is 0 Å². The van der Waals surface area contributed by atoms with Crippen LogP contribution >= 0.6 is 0 Å². The molecule has 0 aliphatic carbocycles. The van der Waals surface area contributed by atoms with E-state index in [1.165, 1.54) is 16.7 Å². The van der Waals surface area contributed by atoms with Gasteiger partial charge in [-0.25, -0.2) is 0 Å². The van der Waals surface area contributed by atoms with E-state index in [-0.39, 0.29) is 5.92 Å². The van der Waals surface area contributed by atoms with Crippen molar-refractivity contribution in [2.45, 2.75) is 40.2 Å². The SMILES string of the molecule is Cc1ccc(C(C)C)cc1CNCC(C)C(=O)O. The van der Waals surface area contributed by atoms with Gasteiger partial charge in [0, 0.05) is 13.1 Å². The van der Waals surface area contributed by atoms with Crippen LogP contribution in [0.1, 0.15) is 43.4 Å². The van der Waals surface area contributed by atoms with E-state index < -0.39 is 5.97 Å². The summed E-state index contributed by atoms with van der Waals surface area (Å²) in [7, 11) is 0. The van der Waals surface area contributed by atoms with Crippen LogP contribution in [-0.2, 0) is 11.3 Å². The summed E-state index contributed by atoms with van der Waals surface area (Å²) < 4.78 is 0. The van der Waals surface area contributed by atoms with E-state index in [0.717, 1.165) is 6.54 Å². The molecule has 100 valence electrons. The highest BCUT2D eigenvalue weighted by molar-refractivity contribution is 5.69. The van der Waals surface area contributed by atoms with E-state index >= 15 is 0 Å². The van der Waals surface area contributed by atoms with Gasteiger partial charge in [-0.3, -0.25) is 4.79 Å². The third kappa shape index (κ3) is 4.15. The topological polar surface area (TPSA) is 49.3 Å². The van der Waals surface area contributed by atoms with Crippen LogP contribution in [0.2, 0.25) is 0 Å². The fourth-order valence-electron chi connectivity index (χ4n) is 1.75. The first-order valence-corrected chi connectivity index (χ1v) is 6.44. The van der Waals surface area contributed by atoms with Crippen molar-refractivity contribution in [3.05, 3.63) is 34.9 Å². The maximum Gasteiger partial charge on any atom is 0.307 e. The minimum Gasteiger partial charge on any atom is -0.481 e. The number of hydrogen-bond acceptors (Lipinski definition) is 2. The highest BCUT2D eigenvalue weighted by Gasteiger charge is 2.10. The summed E-state index contributed by atoms with van der Waals surface area (Å²) >= 11 is 0. The number of hydrogen-bond donors (Lipinski definition) is 2. The smallest absolute Gasteiger partial charge is 0.307 e. The van der Waals surface area contributed by atoms with Crippen LogP contribution in [0.4, 0.5) is 0 Å². The van der Waals surface area contributed by atoms with Gasteiger partial charge in [-0.05, 0) is 29.5 Å². The van der Waals surface area contributed by atoms with Crippen molar-refractivity contribution in [3.63, 3.8) is 0 Å². The van der Waals surface area contributed by atoms with E-state index in [0.29, 0.717) is 12.5 Å². The molecule has 18 heavy (non-hydrogen) atoms. The Bertz CT molecular complexity index is 413. The van der Waals surface area contributed by atoms with E-state index in [2.05, 4.69) is 44.3 Å². The molecule has 0 bridgehead atoms. The summed E-state index contributed by atoms with van der Waals surface area (Å²) in [6, 6.07) is 6.49. The Hall–Kier alpha value is -1.35. The van der Waals surface area contributed by atoms with E-state index in [1.54, 1.807) is 6.92 Å². The number of aryl methyl sites for hydroxylation is 1. The average Bonchev–Trinajstić information content (AvgIpc) is 2.30. The Morgan fingerprint density at radius 2 is 2.00 bits per heavy atom. The van der Waals surface area contributed by atoms with Gasteiger partial charge in [0.15, 0.2) is 0 Å². The monoisotopic (exact) mass is 249 g/mol. The second-order valence-electron chi connectivity index (χ2n) is 5.21. The Morgan fingerprint density at radius 1 is 1.33 bits per heavy atom. The lowest BCUT2D eigenvalue weighted by molar-refractivity contribution is -0.140. The predicted molar refractivity (Wildman–Crippen MR) is 73.8 cm³/mol. The van der Waals surface area contributed by atoms with Crippen molar-refractivity contribution in [2.75, 3.05) is 6.54 Å². The zero-order chi connectivity index (χ0) is 13.7. The molecule has 0 heterocycles. The maximum atomic E-state index is 10.7. The predicted octanol–water partition coefficient (Wildman–Crippen LogP) is 2.93. The number of aliphatic carboxylic acids is 1. The average molecular weight is 249 g/mol. The normalized spacial score (nSPS) is 12.7. The Balaban J connectivity index is 2.61. The van der Waals surface area contributed by atoms with Gasteiger partial charge in [0.25, 0.3) is 0 Å². The molecule has 3 nitrogen and oxygen atoms in total. The number of carboxylic acids is 1. The first-order valence-electron chi connectivity index (χ1n) is 6.44. The zero-order valence-corrected chi connectivity index (χ0v) is 11.7. The summed E-state index contributed by atoms with van der Waals surface area (Å²) in [6.07, 6.45) is 0. The van der Waals surface area contributed by atoms with Crippen molar-refractivity contribution in [1.29, 1.82) is 0 Å². The Morgan fingerprint density at radius 3 is 2.56 bits per heavy atom. The molecule has 0 amide bonds.